The topological polar surface area (TPSA) is 45.9 Å². The van der Waals surface area contributed by atoms with E-state index in [0.717, 1.165) is 37.0 Å². The predicted octanol–water partition coefficient (Wildman–Crippen LogP) is 2.75. The number of rotatable bonds is 3. The third-order valence-electron chi connectivity index (χ3n) is 5.85. The first-order valence-electron chi connectivity index (χ1n) is 7.87. The summed E-state index contributed by atoms with van der Waals surface area (Å²) in [6.45, 7) is 0.493. The summed E-state index contributed by atoms with van der Waals surface area (Å²) in [7, 11) is 0. The summed E-state index contributed by atoms with van der Waals surface area (Å²) in [5.41, 5.74) is 0.00138. The third kappa shape index (κ3) is 1.95. The summed E-state index contributed by atoms with van der Waals surface area (Å²) >= 11 is 0. The molecule has 1 heterocycles. The molecule has 0 spiro atoms. The van der Waals surface area contributed by atoms with Crippen LogP contribution in [0.5, 0.6) is 0 Å². The monoisotopic (exact) mass is 270 g/mol. The van der Waals surface area contributed by atoms with E-state index >= 15 is 0 Å². The van der Waals surface area contributed by atoms with E-state index in [1.165, 1.54) is 19.3 Å². The highest BCUT2D eigenvalue weighted by Gasteiger charge is 2.54. The molecule has 3 nitrogen and oxygen atoms in total. The summed E-state index contributed by atoms with van der Waals surface area (Å²) < 4.78 is 1.94. The SMILES string of the molecule is N=c1ccn(CC(=O)C23CC4CC(CC(C4)C2)C3)cc1. The molecule has 106 valence electrons. The molecule has 4 saturated carbocycles. The zero-order chi connectivity index (χ0) is 13.7. The van der Waals surface area contributed by atoms with Crippen molar-refractivity contribution in [3.63, 3.8) is 0 Å². The molecule has 5 rings (SSSR count). The highest BCUT2D eigenvalue weighted by Crippen LogP contribution is 2.60. The average molecular weight is 270 g/mol. The van der Waals surface area contributed by atoms with Crippen molar-refractivity contribution in [3.05, 3.63) is 29.9 Å². The van der Waals surface area contributed by atoms with Gasteiger partial charge in [0.25, 0.3) is 0 Å². The van der Waals surface area contributed by atoms with Gasteiger partial charge in [-0.1, -0.05) is 0 Å². The fourth-order valence-electron chi connectivity index (χ4n) is 5.35. The molecule has 0 aromatic carbocycles. The molecule has 4 aliphatic carbocycles. The van der Waals surface area contributed by atoms with Crippen LogP contribution in [0.2, 0.25) is 0 Å². The van der Waals surface area contributed by atoms with Crippen molar-refractivity contribution in [2.75, 3.05) is 0 Å². The van der Waals surface area contributed by atoms with E-state index in [4.69, 9.17) is 5.41 Å². The molecular formula is C17H22N2O. The summed E-state index contributed by atoms with van der Waals surface area (Å²) in [6.07, 6.45) is 11.3. The second kappa shape index (κ2) is 4.31. The largest absolute Gasteiger partial charge is 0.347 e. The van der Waals surface area contributed by atoms with Crippen LogP contribution in [0.15, 0.2) is 24.5 Å². The molecule has 1 N–H and O–H groups in total. The summed E-state index contributed by atoms with van der Waals surface area (Å²) in [4.78, 5) is 12.9. The minimum Gasteiger partial charge on any atom is -0.347 e. The van der Waals surface area contributed by atoms with Gasteiger partial charge >= 0.3 is 0 Å². The van der Waals surface area contributed by atoms with E-state index in [9.17, 15) is 4.79 Å². The van der Waals surface area contributed by atoms with Gasteiger partial charge in [0.15, 0.2) is 5.78 Å². The molecule has 1 aromatic rings. The van der Waals surface area contributed by atoms with E-state index in [2.05, 4.69) is 0 Å². The molecule has 3 heteroatoms. The van der Waals surface area contributed by atoms with Crippen LogP contribution < -0.4 is 5.36 Å². The zero-order valence-electron chi connectivity index (χ0n) is 11.8. The van der Waals surface area contributed by atoms with E-state index in [1.54, 1.807) is 12.1 Å². The van der Waals surface area contributed by atoms with Gasteiger partial charge in [-0.05, 0) is 68.4 Å². The fourth-order valence-corrected chi connectivity index (χ4v) is 5.35. The average Bonchev–Trinajstić information content (AvgIpc) is 2.40. The normalized spacial score (nSPS) is 38.1. The number of Topliss-reactive ketones (excluding diaryl/α,β-unsaturated/α-hetero) is 1. The number of hydrogen-bond acceptors (Lipinski definition) is 2. The fraction of sp³-hybridized carbons (Fsp3) is 0.647. The maximum Gasteiger partial charge on any atom is 0.158 e. The Balaban J connectivity index is 1.56. The molecule has 0 radical (unpaired) electrons. The van der Waals surface area contributed by atoms with Gasteiger partial charge in [-0.2, -0.15) is 0 Å². The Bertz CT molecular complexity index is 545. The maximum absolute atomic E-state index is 12.9. The summed E-state index contributed by atoms with van der Waals surface area (Å²) in [5.74, 6) is 2.92. The van der Waals surface area contributed by atoms with Gasteiger partial charge in [0.2, 0.25) is 0 Å². The number of aromatic nitrogens is 1. The molecule has 0 saturated heterocycles. The predicted molar refractivity (Wildman–Crippen MR) is 75.9 cm³/mol. The lowest BCUT2D eigenvalue weighted by Gasteiger charge is -2.56. The summed E-state index contributed by atoms with van der Waals surface area (Å²) in [5, 5.41) is 8.02. The lowest BCUT2D eigenvalue weighted by Crippen LogP contribution is -2.50. The maximum atomic E-state index is 12.9. The van der Waals surface area contributed by atoms with Gasteiger partial charge in [0.1, 0.15) is 0 Å². The highest BCUT2D eigenvalue weighted by molar-refractivity contribution is 5.85. The lowest BCUT2D eigenvalue weighted by atomic mass is 9.48. The van der Waals surface area contributed by atoms with Crippen LogP contribution in [0.4, 0.5) is 0 Å². The smallest absolute Gasteiger partial charge is 0.158 e. The lowest BCUT2D eigenvalue weighted by molar-refractivity contribution is -0.144. The Morgan fingerprint density at radius 2 is 1.60 bits per heavy atom. The van der Waals surface area contributed by atoms with Crippen LogP contribution in [-0.2, 0) is 11.3 Å². The van der Waals surface area contributed by atoms with Crippen molar-refractivity contribution >= 4 is 5.78 Å². The second-order valence-corrected chi connectivity index (χ2v) is 7.38. The minimum atomic E-state index is 0.00138. The standard InChI is InChI=1S/C17H22N2O/c18-15-1-3-19(4-2-15)11-16(20)17-8-12-5-13(9-17)7-14(6-12)10-17/h1-4,12-14,18H,5-11H2. The number of nitrogens with one attached hydrogen (secondary N) is 1. The van der Waals surface area contributed by atoms with Gasteiger partial charge < -0.3 is 9.98 Å². The number of hydrogen-bond donors (Lipinski definition) is 1. The molecule has 0 unspecified atom stereocenters. The molecule has 0 amide bonds. The Hall–Kier alpha value is -1.38. The van der Waals surface area contributed by atoms with Crippen LogP contribution in [0, 0.1) is 28.6 Å². The number of carbonyl (C=O) groups excluding carboxylic acids is 1. The van der Waals surface area contributed by atoms with Crippen molar-refractivity contribution in [1.82, 2.24) is 4.57 Å². The minimum absolute atomic E-state index is 0.00138. The van der Waals surface area contributed by atoms with Crippen LogP contribution in [0.3, 0.4) is 0 Å². The molecule has 0 aliphatic heterocycles. The molecule has 1 aromatic heterocycles. The van der Waals surface area contributed by atoms with Crippen LogP contribution in [0.25, 0.3) is 0 Å². The van der Waals surface area contributed by atoms with Gasteiger partial charge in [-0.15, -0.1) is 0 Å². The number of carbonyl (C=O) groups is 1. The molecule has 20 heavy (non-hydrogen) atoms. The van der Waals surface area contributed by atoms with E-state index < -0.39 is 0 Å². The van der Waals surface area contributed by atoms with Crippen molar-refractivity contribution in [2.24, 2.45) is 23.2 Å². The highest BCUT2D eigenvalue weighted by atomic mass is 16.1. The number of pyridine rings is 1. The Labute approximate surface area is 119 Å². The van der Waals surface area contributed by atoms with Crippen molar-refractivity contribution in [1.29, 1.82) is 5.41 Å². The number of ketones is 1. The van der Waals surface area contributed by atoms with E-state index in [1.807, 2.05) is 17.0 Å². The van der Waals surface area contributed by atoms with Gasteiger partial charge in [0, 0.05) is 17.8 Å². The van der Waals surface area contributed by atoms with Crippen molar-refractivity contribution in [2.45, 2.75) is 45.1 Å². The molecule has 4 aliphatic rings. The van der Waals surface area contributed by atoms with Crippen LogP contribution in [-0.4, -0.2) is 10.4 Å². The Kier molecular flexibility index (Phi) is 2.66. The Morgan fingerprint density at radius 1 is 1.10 bits per heavy atom. The van der Waals surface area contributed by atoms with Gasteiger partial charge in [0.05, 0.1) is 11.9 Å². The Morgan fingerprint density at radius 3 is 2.10 bits per heavy atom. The summed E-state index contributed by atoms with van der Waals surface area (Å²) in [6, 6.07) is 3.51. The molecule has 4 fully saturated rings. The van der Waals surface area contributed by atoms with E-state index in [-0.39, 0.29) is 5.41 Å². The number of nitrogens with zero attached hydrogens (tertiary/aromatic N) is 1. The molecule has 0 atom stereocenters. The van der Waals surface area contributed by atoms with E-state index in [0.29, 0.717) is 17.7 Å². The third-order valence-corrected chi connectivity index (χ3v) is 5.85. The quantitative estimate of drug-likeness (QED) is 0.902. The first-order chi connectivity index (χ1) is 9.63. The molecule has 4 bridgehead atoms. The van der Waals surface area contributed by atoms with Gasteiger partial charge in [-0.25, -0.2) is 0 Å². The zero-order valence-corrected chi connectivity index (χ0v) is 11.8. The van der Waals surface area contributed by atoms with Crippen LogP contribution >= 0.6 is 0 Å². The first-order valence-corrected chi connectivity index (χ1v) is 7.87. The van der Waals surface area contributed by atoms with Gasteiger partial charge in [-0.3, -0.25) is 4.79 Å². The van der Waals surface area contributed by atoms with Crippen molar-refractivity contribution < 1.29 is 4.79 Å². The van der Waals surface area contributed by atoms with Crippen LogP contribution in [0.1, 0.15) is 38.5 Å². The second-order valence-electron chi connectivity index (χ2n) is 7.38. The first kappa shape index (κ1) is 12.4. The molecular weight excluding hydrogens is 248 g/mol. The van der Waals surface area contributed by atoms with Crippen molar-refractivity contribution in [3.8, 4) is 0 Å².